The number of furan rings is 1. The summed E-state index contributed by atoms with van der Waals surface area (Å²) in [4.78, 5) is 28.9. The average molecular weight is 516 g/mol. The Morgan fingerprint density at radius 2 is 1.73 bits per heavy atom. The largest absolute Gasteiger partial charge is 0.458 e. The Hall–Kier alpha value is -3.90. The monoisotopic (exact) mass is 515 g/mol. The molecule has 4 aromatic rings. The standard InChI is InChI=1S/C30H30ClN3O3/c1-21-6-15-29(37-21)28(35)14-9-22-7-10-23(11-8-22)30(36)34-18-5-3-2-4-17-32-26-16-19-33-27-20-24(31)12-13-25(26)27/h6-16,19-20H,2-5,17-18H2,1H3,(H,32,33)(H,34,36)/b14-9+. The van der Waals surface area contributed by atoms with Gasteiger partial charge in [-0.2, -0.15) is 0 Å². The highest BCUT2D eigenvalue weighted by Crippen LogP contribution is 2.24. The van der Waals surface area contributed by atoms with E-state index in [1.165, 1.54) is 6.08 Å². The lowest BCUT2D eigenvalue weighted by atomic mass is 10.1. The van der Waals surface area contributed by atoms with Crippen molar-refractivity contribution < 1.29 is 14.0 Å². The van der Waals surface area contributed by atoms with Crippen LogP contribution in [0.1, 0.15) is 57.9 Å². The van der Waals surface area contributed by atoms with Crippen molar-refractivity contribution in [2.75, 3.05) is 18.4 Å². The van der Waals surface area contributed by atoms with Gasteiger partial charge in [0.2, 0.25) is 5.78 Å². The smallest absolute Gasteiger partial charge is 0.251 e. The van der Waals surface area contributed by atoms with Gasteiger partial charge in [-0.05, 0) is 79.9 Å². The number of ketones is 1. The van der Waals surface area contributed by atoms with Crippen LogP contribution in [0.3, 0.4) is 0 Å². The second-order valence-electron chi connectivity index (χ2n) is 8.85. The van der Waals surface area contributed by atoms with Gasteiger partial charge in [-0.3, -0.25) is 14.6 Å². The number of rotatable bonds is 12. The first-order chi connectivity index (χ1) is 18.0. The van der Waals surface area contributed by atoms with Crippen LogP contribution in [-0.4, -0.2) is 29.8 Å². The topological polar surface area (TPSA) is 84.2 Å². The van der Waals surface area contributed by atoms with Crippen LogP contribution in [0.25, 0.3) is 17.0 Å². The second kappa shape index (κ2) is 12.9. The van der Waals surface area contributed by atoms with Crippen molar-refractivity contribution in [1.29, 1.82) is 0 Å². The molecule has 0 saturated carbocycles. The third-order valence-corrected chi connectivity index (χ3v) is 6.23. The third kappa shape index (κ3) is 7.54. The Kier molecular flexibility index (Phi) is 9.11. The Morgan fingerprint density at radius 3 is 2.49 bits per heavy atom. The number of nitrogens with zero attached hydrogens (tertiary/aromatic N) is 1. The van der Waals surface area contributed by atoms with E-state index in [4.69, 9.17) is 16.0 Å². The quantitative estimate of drug-likeness (QED) is 0.119. The van der Waals surface area contributed by atoms with E-state index in [0.29, 0.717) is 28.7 Å². The van der Waals surface area contributed by atoms with Crippen LogP contribution in [0, 0.1) is 6.92 Å². The number of carbonyl (C=O) groups excluding carboxylic acids is 2. The fraction of sp³-hybridized carbons (Fsp3) is 0.233. The molecule has 0 bridgehead atoms. The van der Waals surface area contributed by atoms with Crippen molar-refractivity contribution in [3.05, 3.63) is 101 Å². The van der Waals surface area contributed by atoms with Crippen LogP contribution in [-0.2, 0) is 0 Å². The first-order valence-corrected chi connectivity index (χ1v) is 12.8. The van der Waals surface area contributed by atoms with Crippen molar-refractivity contribution in [1.82, 2.24) is 10.3 Å². The van der Waals surface area contributed by atoms with Crippen LogP contribution < -0.4 is 10.6 Å². The predicted molar refractivity (Wildman–Crippen MR) is 149 cm³/mol. The lowest BCUT2D eigenvalue weighted by Gasteiger charge is -2.10. The van der Waals surface area contributed by atoms with Gasteiger partial charge in [-0.15, -0.1) is 0 Å². The normalized spacial score (nSPS) is 11.2. The highest BCUT2D eigenvalue weighted by molar-refractivity contribution is 6.31. The van der Waals surface area contributed by atoms with Crippen LogP contribution >= 0.6 is 11.6 Å². The maximum atomic E-state index is 12.4. The highest BCUT2D eigenvalue weighted by Gasteiger charge is 2.07. The van der Waals surface area contributed by atoms with E-state index >= 15 is 0 Å². The summed E-state index contributed by atoms with van der Waals surface area (Å²) in [5.74, 6) is 0.727. The Labute approximate surface area is 221 Å². The maximum absolute atomic E-state index is 12.4. The van der Waals surface area contributed by atoms with Gasteiger partial charge in [-0.1, -0.05) is 42.7 Å². The Morgan fingerprint density at radius 1 is 0.946 bits per heavy atom. The van der Waals surface area contributed by atoms with Crippen molar-refractivity contribution in [2.45, 2.75) is 32.6 Å². The molecule has 0 aliphatic heterocycles. The van der Waals surface area contributed by atoms with Gasteiger partial charge < -0.3 is 15.1 Å². The third-order valence-electron chi connectivity index (χ3n) is 5.99. The zero-order chi connectivity index (χ0) is 26.0. The average Bonchev–Trinajstić information content (AvgIpc) is 3.35. The maximum Gasteiger partial charge on any atom is 0.251 e. The predicted octanol–water partition coefficient (Wildman–Crippen LogP) is 7.09. The molecule has 0 atom stereocenters. The number of allylic oxidation sites excluding steroid dienone is 1. The number of fused-ring (bicyclic) bond motifs is 1. The van der Waals surface area contributed by atoms with Crippen LogP contribution in [0.4, 0.5) is 5.69 Å². The molecule has 190 valence electrons. The van der Waals surface area contributed by atoms with Gasteiger partial charge >= 0.3 is 0 Å². The molecule has 0 spiro atoms. The van der Waals surface area contributed by atoms with Crippen LogP contribution in [0.5, 0.6) is 0 Å². The zero-order valence-corrected chi connectivity index (χ0v) is 21.6. The number of hydrogen-bond donors (Lipinski definition) is 2. The van der Waals surface area contributed by atoms with E-state index in [1.807, 2.05) is 36.4 Å². The lowest BCUT2D eigenvalue weighted by molar-refractivity contribution is 0.0952. The Balaban J connectivity index is 1.11. The van der Waals surface area contributed by atoms with Crippen molar-refractivity contribution >= 4 is 46.0 Å². The van der Waals surface area contributed by atoms with Crippen LogP contribution in [0.15, 0.2) is 77.4 Å². The van der Waals surface area contributed by atoms with E-state index in [1.54, 1.807) is 43.5 Å². The molecule has 7 heteroatoms. The molecular formula is C30H30ClN3O3. The number of benzene rings is 2. The minimum Gasteiger partial charge on any atom is -0.458 e. The molecule has 0 aliphatic rings. The summed E-state index contributed by atoms with van der Waals surface area (Å²) in [5.41, 5.74) is 3.38. The molecule has 37 heavy (non-hydrogen) atoms. The van der Waals surface area contributed by atoms with Crippen molar-refractivity contribution in [2.24, 2.45) is 0 Å². The zero-order valence-electron chi connectivity index (χ0n) is 20.8. The SMILES string of the molecule is Cc1ccc(C(=O)/C=C/c2ccc(C(=O)NCCCCCCNc3ccnc4cc(Cl)ccc34)cc2)o1. The van der Waals surface area contributed by atoms with Gasteiger partial charge in [0.25, 0.3) is 5.91 Å². The summed E-state index contributed by atoms with van der Waals surface area (Å²) in [5, 5.41) is 8.21. The van der Waals surface area contributed by atoms with Gasteiger partial charge in [0.15, 0.2) is 5.76 Å². The molecule has 1 amide bonds. The van der Waals surface area contributed by atoms with E-state index in [0.717, 1.165) is 54.4 Å². The van der Waals surface area contributed by atoms with E-state index < -0.39 is 0 Å². The molecule has 0 unspecified atom stereocenters. The number of nitrogens with one attached hydrogen (secondary N) is 2. The summed E-state index contributed by atoms with van der Waals surface area (Å²) in [7, 11) is 0. The van der Waals surface area contributed by atoms with Crippen molar-refractivity contribution in [3.63, 3.8) is 0 Å². The molecular weight excluding hydrogens is 486 g/mol. The van der Waals surface area contributed by atoms with Gasteiger partial charge in [0.05, 0.1) is 5.52 Å². The number of halogens is 1. The van der Waals surface area contributed by atoms with E-state index in [2.05, 4.69) is 15.6 Å². The second-order valence-corrected chi connectivity index (χ2v) is 9.28. The summed E-state index contributed by atoms with van der Waals surface area (Å²) in [6.45, 7) is 3.31. The first-order valence-electron chi connectivity index (χ1n) is 12.4. The molecule has 2 aromatic carbocycles. The summed E-state index contributed by atoms with van der Waals surface area (Å²) in [6, 6.07) is 18.3. The number of carbonyl (C=O) groups is 2. The fourth-order valence-corrected chi connectivity index (χ4v) is 4.14. The van der Waals surface area contributed by atoms with Crippen LogP contribution in [0.2, 0.25) is 5.02 Å². The summed E-state index contributed by atoms with van der Waals surface area (Å²) < 4.78 is 5.33. The molecule has 0 saturated heterocycles. The molecule has 0 radical (unpaired) electrons. The number of pyridine rings is 1. The molecule has 2 aromatic heterocycles. The summed E-state index contributed by atoms with van der Waals surface area (Å²) in [6.07, 6.45) is 9.07. The minimum absolute atomic E-state index is 0.0935. The fourth-order valence-electron chi connectivity index (χ4n) is 3.97. The van der Waals surface area contributed by atoms with Gasteiger partial charge in [-0.25, -0.2) is 0 Å². The Bertz CT molecular complexity index is 1390. The minimum atomic E-state index is -0.193. The number of anilines is 1. The number of aromatic nitrogens is 1. The van der Waals surface area contributed by atoms with E-state index in [-0.39, 0.29) is 11.7 Å². The number of amides is 1. The molecule has 0 fully saturated rings. The molecule has 6 nitrogen and oxygen atoms in total. The molecule has 2 N–H and O–H groups in total. The number of unbranched alkanes of at least 4 members (excludes halogenated alkanes) is 3. The lowest BCUT2D eigenvalue weighted by Crippen LogP contribution is -2.24. The number of aryl methyl sites for hydroxylation is 1. The molecule has 2 heterocycles. The molecule has 4 rings (SSSR count). The molecule has 0 aliphatic carbocycles. The van der Waals surface area contributed by atoms with E-state index in [9.17, 15) is 9.59 Å². The highest BCUT2D eigenvalue weighted by atomic mass is 35.5. The number of hydrogen-bond acceptors (Lipinski definition) is 5. The van der Waals surface area contributed by atoms with Gasteiger partial charge in [0.1, 0.15) is 5.76 Å². The summed E-state index contributed by atoms with van der Waals surface area (Å²) >= 11 is 6.06. The van der Waals surface area contributed by atoms with Crippen molar-refractivity contribution in [3.8, 4) is 0 Å². The van der Waals surface area contributed by atoms with Gasteiger partial charge in [0, 0.05) is 40.9 Å². The first kappa shape index (κ1) is 26.2.